The molecule has 9 nitrogen and oxygen atoms in total. The van der Waals surface area contributed by atoms with Crippen LogP contribution >= 0.6 is 0 Å². The number of benzene rings is 1. The van der Waals surface area contributed by atoms with Crippen molar-refractivity contribution in [3.8, 4) is 11.1 Å². The highest BCUT2D eigenvalue weighted by Crippen LogP contribution is 2.29. The van der Waals surface area contributed by atoms with Crippen molar-refractivity contribution in [2.24, 2.45) is 0 Å². The zero-order valence-electron chi connectivity index (χ0n) is 21.7. The van der Waals surface area contributed by atoms with Gasteiger partial charge in [-0.3, -0.25) is 19.0 Å². The highest BCUT2D eigenvalue weighted by molar-refractivity contribution is 5.82. The molecule has 0 spiro atoms. The van der Waals surface area contributed by atoms with Gasteiger partial charge in [-0.25, -0.2) is 4.98 Å². The molecule has 5 rings (SSSR count). The minimum absolute atomic E-state index is 0.0591. The summed E-state index contributed by atoms with van der Waals surface area (Å²) in [5, 5.41) is 4.24. The summed E-state index contributed by atoms with van der Waals surface area (Å²) >= 11 is 0. The fourth-order valence-electron chi connectivity index (χ4n) is 5.56. The predicted octanol–water partition coefficient (Wildman–Crippen LogP) is 3.37. The fraction of sp³-hybridized carbons (Fsp3) is 0.464. The molecule has 2 saturated heterocycles. The van der Waals surface area contributed by atoms with Crippen molar-refractivity contribution in [3.63, 3.8) is 0 Å². The van der Waals surface area contributed by atoms with E-state index in [1.807, 2.05) is 51.6 Å². The second-order valence-electron chi connectivity index (χ2n) is 10.2. The number of piperidine rings is 2. The van der Waals surface area contributed by atoms with Gasteiger partial charge in [0, 0.05) is 69.3 Å². The molecule has 4 heterocycles. The molecular formula is C28H34N6O3. The highest BCUT2D eigenvalue weighted by atomic mass is 16.2. The first-order chi connectivity index (χ1) is 17.8. The second-order valence-corrected chi connectivity index (χ2v) is 10.2. The maximum absolute atomic E-state index is 14.0. The zero-order valence-corrected chi connectivity index (χ0v) is 21.7. The van der Waals surface area contributed by atoms with Crippen LogP contribution in [0.3, 0.4) is 0 Å². The minimum atomic E-state index is -0.0671. The van der Waals surface area contributed by atoms with Gasteiger partial charge in [-0.15, -0.1) is 0 Å². The Morgan fingerprint density at radius 2 is 1.54 bits per heavy atom. The Morgan fingerprint density at radius 1 is 0.919 bits per heavy atom. The number of carbonyl (C=O) groups is 2. The van der Waals surface area contributed by atoms with Crippen molar-refractivity contribution in [1.82, 2.24) is 24.3 Å². The average molecular weight is 503 g/mol. The molecule has 0 aliphatic carbocycles. The molecule has 1 aromatic carbocycles. The van der Waals surface area contributed by atoms with Crippen molar-refractivity contribution < 1.29 is 9.59 Å². The number of nitrogens with zero attached hydrogens (tertiary/aromatic N) is 5. The summed E-state index contributed by atoms with van der Waals surface area (Å²) < 4.78 is 1.83. The summed E-state index contributed by atoms with van der Waals surface area (Å²) in [6.45, 7) is 7.86. The largest absolute Gasteiger partial charge is 0.351 e. The van der Waals surface area contributed by atoms with Crippen LogP contribution in [-0.2, 0) is 9.59 Å². The van der Waals surface area contributed by atoms with E-state index < -0.39 is 0 Å². The van der Waals surface area contributed by atoms with Crippen molar-refractivity contribution in [2.45, 2.75) is 58.5 Å². The van der Waals surface area contributed by atoms with E-state index in [9.17, 15) is 14.4 Å². The molecule has 2 fully saturated rings. The zero-order chi connectivity index (χ0) is 26.1. The molecule has 2 amide bonds. The van der Waals surface area contributed by atoms with Crippen LogP contribution in [0.15, 0.2) is 41.3 Å². The lowest BCUT2D eigenvalue weighted by Crippen LogP contribution is -2.41. The van der Waals surface area contributed by atoms with Crippen LogP contribution in [0.2, 0.25) is 0 Å². The molecule has 9 heteroatoms. The third-order valence-corrected chi connectivity index (χ3v) is 7.76. The highest BCUT2D eigenvalue weighted by Gasteiger charge is 2.27. The Labute approximate surface area is 216 Å². The first-order valence-electron chi connectivity index (χ1n) is 13.1. The van der Waals surface area contributed by atoms with E-state index in [0.29, 0.717) is 56.2 Å². The third kappa shape index (κ3) is 5.08. The molecule has 3 aromatic rings. The van der Waals surface area contributed by atoms with Gasteiger partial charge in [-0.05, 0) is 49.8 Å². The molecule has 37 heavy (non-hydrogen) atoms. The number of fused-ring (bicyclic) bond motifs is 1. The summed E-state index contributed by atoms with van der Waals surface area (Å²) in [6.07, 6.45) is 4.83. The smallest absolute Gasteiger partial charge is 0.260 e. The fourth-order valence-corrected chi connectivity index (χ4v) is 5.56. The first kappa shape index (κ1) is 24.9. The molecule has 1 N–H and O–H groups in total. The summed E-state index contributed by atoms with van der Waals surface area (Å²) in [5.41, 5.74) is 3.13. The normalized spacial score (nSPS) is 17.3. The van der Waals surface area contributed by atoms with Crippen LogP contribution in [-0.4, -0.2) is 68.4 Å². The van der Waals surface area contributed by atoms with Crippen LogP contribution in [0, 0.1) is 6.92 Å². The Hall–Kier alpha value is -3.75. The Balaban J connectivity index is 1.53. The number of nitrogens with one attached hydrogen (secondary N) is 1. The number of amides is 2. The lowest BCUT2D eigenvalue weighted by molar-refractivity contribution is -0.130. The summed E-state index contributed by atoms with van der Waals surface area (Å²) in [4.78, 5) is 50.7. The molecule has 0 unspecified atom stereocenters. The van der Waals surface area contributed by atoms with E-state index in [0.717, 1.165) is 29.4 Å². The van der Waals surface area contributed by atoms with Crippen LogP contribution in [0.1, 0.15) is 51.1 Å². The van der Waals surface area contributed by atoms with Crippen LogP contribution in [0.25, 0.3) is 22.2 Å². The van der Waals surface area contributed by atoms with E-state index in [4.69, 9.17) is 4.98 Å². The Bertz CT molecular complexity index is 1380. The van der Waals surface area contributed by atoms with E-state index in [-0.39, 0.29) is 29.5 Å². The molecule has 194 valence electrons. The number of hydrogen-bond donors (Lipinski definition) is 1. The quantitative estimate of drug-likeness (QED) is 0.587. The molecule has 2 aliphatic rings. The van der Waals surface area contributed by atoms with E-state index >= 15 is 0 Å². The van der Waals surface area contributed by atoms with Gasteiger partial charge < -0.3 is 15.1 Å². The number of anilines is 1. The van der Waals surface area contributed by atoms with Gasteiger partial charge in [0.05, 0.1) is 0 Å². The lowest BCUT2D eigenvalue weighted by Gasteiger charge is -2.33. The summed E-state index contributed by atoms with van der Waals surface area (Å²) in [5.74, 6) is 0.658. The van der Waals surface area contributed by atoms with Gasteiger partial charge in [-0.2, -0.15) is 4.98 Å². The third-order valence-electron chi connectivity index (χ3n) is 7.76. The first-order valence-corrected chi connectivity index (χ1v) is 13.1. The lowest BCUT2D eigenvalue weighted by atomic mass is 9.99. The van der Waals surface area contributed by atoms with Gasteiger partial charge in [0.1, 0.15) is 5.65 Å². The van der Waals surface area contributed by atoms with Crippen molar-refractivity contribution in [1.29, 1.82) is 0 Å². The van der Waals surface area contributed by atoms with Crippen molar-refractivity contribution in [3.05, 3.63) is 52.4 Å². The number of aromatic nitrogens is 3. The number of pyridine rings is 1. The van der Waals surface area contributed by atoms with Crippen LogP contribution < -0.4 is 10.9 Å². The number of rotatable bonds is 4. The number of likely N-dealkylation sites (tertiary alicyclic amines) is 2. The summed E-state index contributed by atoms with van der Waals surface area (Å²) in [6, 6.07) is 9.91. The number of hydrogen-bond acceptors (Lipinski definition) is 6. The maximum atomic E-state index is 14.0. The van der Waals surface area contributed by atoms with E-state index in [1.54, 1.807) is 20.0 Å². The van der Waals surface area contributed by atoms with Crippen molar-refractivity contribution >= 4 is 28.8 Å². The molecule has 0 bridgehead atoms. The van der Waals surface area contributed by atoms with Gasteiger partial charge in [0.2, 0.25) is 17.8 Å². The van der Waals surface area contributed by atoms with Gasteiger partial charge >= 0.3 is 0 Å². The molecule has 2 aliphatic heterocycles. The van der Waals surface area contributed by atoms with Gasteiger partial charge in [0.15, 0.2) is 0 Å². The standard InChI is InChI=1S/C28H34N6O3/c1-18-6-4-5-7-24(18)25-16-21-17-29-28(30-22-8-12-32(13-9-22)19(2)35)31-26(21)34(27(25)37)23-10-14-33(15-11-23)20(3)36/h4-7,16-17,22-23H,8-15H2,1-3H3,(H,29,30,31). The number of carbonyl (C=O) groups excluding carboxylic acids is 2. The Morgan fingerprint density at radius 3 is 2.16 bits per heavy atom. The molecular weight excluding hydrogens is 468 g/mol. The minimum Gasteiger partial charge on any atom is -0.351 e. The molecule has 2 aromatic heterocycles. The van der Waals surface area contributed by atoms with Gasteiger partial charge in [0.25, 0.3) is 5.56 Å². The van der Waals surface area contributed by atoms with Gasteiger partial charge in [-0.1, -0.05) is 24.3 Å². The maximum Gasteiger partial charge on any atom is 0.260 e. The second kappa shape index (κ2) is 10.3. The molecule has 0 atom stereocenters. The predicted molar refractivity (Wildman–Crippen MR) is 143 cm³/mol. The van der Waals surface area contributed by atoms with Crippen molar-refractivity contribution in [2.75, 3.05) is 31.5 Å². The number of aryl methyl sites for hydroxylation is 1. The topological polar surface area (TPSA) is 100 Å². The van der Waals surface area contributed by atoms with Crippen LogP contribution in [0.4, 0.5) is 5.95 Å². The van der Waals surface area contributed by atoms with E-state index in [2.05, 4.69) is 10.3 Å². The molecule has 0 saturated carbocycles. The monoisotopic (exact) mass is 502 g/mol. The molecule has 0 radical (unpaired) electrons. The van der Waals surface area contributed by atoms with Crippen LogP contribution in [0.5, 0.6) is 0 Å². The Kier molecular flexibility index (Phi) is 6.95. The average Bonchev–Trinajstić information content (AvgIpc) is 2.89. The SMILES string of the molecule is CC(=O)N1CCC(Nc2ncc3cc(-c4ccccc4C)c(=O)n(C4CCN(C(C)=O)CC4)c3n2)CC1. The summed E-state index contributed by atoms with van der Waals surface area (Å²) in [7, 11) is 0. The van der Waals surface area contributed by atoms with E-state index in [1.165, 1.54) is 0 Å².